The van der Waals surface area contributed by atoms with Crippen LogP contribution >= 0.6 is 0 Å². The second kappa shape index (κ2) is 3.17. The van der Waals surface area contributed by atoms with Gasteiger partial charge in [-0.15, -0.1) is 0 Å². The minimum absolute atomic E-state index is 0.0369. The molecule has 0 unspecified atom stereocenters. The van der Waals surface area contributed by atoms with Crippen molar-refractivity contribution in [3.8, 4) is 0 Å². The van der Waals surface area contributed by atoms with E-state index in [0.717, 1.165) is 0 Å². The number of esters is 1. The summed E-state index contributed by atoms with van der Waals surface area (Å²) in [4.78, 5) is 11.5. The molecule has 0 amide bonds. The standard InChI is InChI=1S/C9H14FNO3/c1-2-14-7(12)9(10)4-11-3-8(9)5-13-6-8/h11H,2-6H2,1H3/t9-/m0/s1. The summed E-state index contributed by atoms with van der Waals surface area (Å²) in [6.07, 6.45) is 0. The van der Waals surface area contributed by atoms with Gasteiger partial charge in [-0.3, -0.25) is 0 Å². The molecule has 1 atom stereocenters. The zero-order chi connectivity index (χ0) is 10.2. The minimum Gasteiger partial charge on any atom is -0.464 e. The van der Waals surface area contributed by atoms with Crippen molar-refractivity contribution < 1.29 is 18.7 Å². The fourth-order valence-corrected chi connectivity index (χ4v) is 2.02. The molecule has 2 saturated heterocycles. The molecule has 2 aliphatic rings. The van der Waals surface area contributed by atoms with Gasteiger partial charge in [0.1, 0.15) is 0 Å². The van der Waals surface area contributed by atoms with Gasteiger partial charge in [-0.05, 0) is 6.92 Å². The Labute approximate surface area is 81.8 Å². The monoisotopic (exact) mass is 203 g/mol. The van der Waals surface area contributed by atoms with Crippen molar-refractivity contribution in [2.75, 3.05) is 32.9 Å². The highest BCUT2D eigenvalue weighted by Crippen LogP contribution is 2.45. The number of nitrogens with one attached hydrogen (secondary N) is 1. The Balaban J connectivity index is 2.16. The van der Waals surface area contributed by atoms with Crippen LogP contribution in [0.4, 0.5) is 4.39 Å². The molecule has 14 heavy (non-hydrogen) atoms. The normalized spacial score (nSPS) is 34.1. The summed E-state index contributed by atoms with van der Waals surface area (Å²) in [5, 5.41) is 2.89. The van der Waals surface area contributed by atoms with Gasteiger partial charge in [0.25, 0.3) is 0 Å². The number of carbonyl (C=O) groups excluding carboxylic acids is 1. The summed E-state index contributed by atoms with van der Waals surface area (Å²) >= 11 is 0. The Bertz CT molecular complexity index is 254. The second-order valence-corrected chi connectivity index (χ2v) is 3.90. The van der Waals surface area contributed by atoms with E-state index in [-0.39, 0.29) is 13.2 Å². The van der Waals surface area contributed by atoms with Gasteiger partial charge in [-0.2, -0.15) is 0 Å². The first-order chi connectivity index (χ1) is 6.65. The molecule has 0 bridgehead atoms. The van der Waals surface area contributed by atoms with Crippen LogP contribution in [0.5, 0.6) is 0 Å². The number of hydrogen-bond donors (Lipinski definition) is 1. The zero-order valence-corrected chi connectivity index (χ0v) is 8.14. The van der Waals surface area contributed by atoms with E-state index in [2.05, 4.69) is 5.32 Å². The fourth-order valence-electron chi connectivity index (χ4n) is 2.02. The van der Waals surface area contributed by atoms with E-state index >= 15 is 0 Å². The maximum atomic E-state index is 14.4. The first-order valence-corrected chi connectivity index (χ1v) is 4.79. The lowest BCUT2D eigenvalue weighted by molar-refractivity contribution is -0.196. The average Bonchev–Trinajstić information content (AvgIpc) is 2.44. The van der Waals surface area contributed by atoms with Crippen LogP contribution in [-0.2, 0) is 14.3 Å². The minimum atomic E-state index is -1.90. The molecule has 1 spiro atoms. The van der Waals surface area contributed by atoms with Gasteiger partial charge in [-0.25, -0.2) is 9.18 Å². The molecular formula is C9H14FNO3. The van der Waals surface area contributed by atoms with Crippen molar-refractivity contribution in [1.82, 2.24) is 5.32 Å². The maximum absolute atomic E-state index is 14.4. The molecule has 5 heteroatoms. The molecule has 0 aromatic carbocycles. The third kappa shape index (κ3) is 1.09. The molecule has 2 rings (SSSR count). The Hall–Kier alpha value is -0.680. The first kappa shape index (κ1) is 9.86. The van der Waals surface area contributed by atoms with E-state index in [4.69, 9.17) is 9.47 Å². The maximum Gasteiger partial charge on any atom is 0.346 e. The lowest BCUT2D eigenvalue weighted by atomic mass is 9.74. The predicted molar refractivity (Wildman–Crippen MR) is 46.6 cm³/mol. The quantitative estimate of drug-likeness (QED) is 0.635. The van der Waals surface area contributed by atoms with Crippen molar-refractivity contribution in [3.05, 3.63) is 0 Å². The van der Waals surface area contributed by atoms with Gasteiger partial charge in [0, 0.05) is 13.1 Å². The third-order valence-electron chi connectivity index (χ3n) is 3.03. The molecule has 0 aromatic rings. The van der Waals surface area contributed by atoms with E-state index in [9.17, 15) is 9.18 Å². The highest BCUT2D eigenvalue weighted by molar-refractivity contribution is 5.82. The number of rotatable bonds is 2. The molecule has 1 N–H and O–H groups in total. The SMILES string of the molecule is CCOC(=O)[C@@]1(F)CNCC12COC2. The predicted octanol–water partition coefficient (Wildman–Crippen LogP) is -0.122. The summed E-state index contributed by atoms with van der Waals surface area (Å²) in [5.41, 5.74) is -2.58. The molecule has 2 heterocycles. The van der Waals surface area contributed by atoms with Gasteiger partial charge in [0.15, 0.2) is 0 Å². The fraction of sp³-hybridized carbons (Fsp3) is 0.889. The zero-order valence-electron chi connectivity index (χ0n) is 8.14. The van der Waals surface area contributed by atoms with Gasteiger partial charge in [0.05, 0.1) is 25.2 Å². The van der Waals surface area contributed by atoms with Crippen LogP contribution in [0.1, 0.15) is 6.92 Å². The highest BCUT2D eigenvalue weighted by Gasteiger charge is 2.65. The Kier molecular flexibility index (Phi) is 2.23. The van der Waals surface area contributed by atoms with Crippen LogP contribution in [0, 0.1) is 5.41 Å². The van der Waals surface area contributed by atoms with Crippen LogP contribution in [0.2, 0.25) is 0 Å². The average molecular weight is 203 g/mol. The highest BCUT2D eigenvalue weighted by atomic mass is 19.1. The van der Waals surface area contributed by atoms with Crippen molar-refractivity contribution in [2.24, 2.45) is 5.41 Å². The molecule has 0 aromatic heterocycles. The Morgan fingerprint density at radius 1 is 1.57 bits per heavy atom. The van der Waals surface area contributed by atoms with Crippen molar-refractivity contribution in [3.63, 3.8) is 0 Å². The van der Waals surface area contributed by atoms with Gasteiger partial charge in [0.2, 0.25) is 5.67 Å². The van der Waals surface area contributed by atoms with E-state index in [1.54, 1.807) is 6.92 Å². The summed E-state index contributed by atoms with van der Waals surface area (Å²) in [6.45, 7) is 3.01. The van der Waals surface area contributed by atoms with E-state index in [1.165, 1.54) is 0 Å². The number of hydrogen-bond acceptors (Lipinski definition) is 4. The van der Waals surface area contributed by atoms with Crippen molar-refractivity contribution in [2.45, 2.75) is 12.6 Å². The third-order valence-corrected chi connectivity index (χ3v) is 3.03. The molecule has 2 aliphatic heterocycles. The largest absolute Gasteiger partial charge is 0.464 e. The van der Waals surface area contributed by atoms with Crippen LogP contribution in [0.25, 0.3) is 0 Å². The smallest absolute Gasteiger partial charge is 0.346 e. The van der Waals surface area contributed by atoms with Crippen LogP contribution in [0.3, 0.4) is 0 Å². The summed E-state index contributed by atoms with van der Waals surface area (Å²) in [7, 11) is 0. The van der Waals surface area contributed by atoms with Crippen molar-refractivity contribution >= 4 is 5.97 Å². The molecule has 0 radical (unpaired) electrons. The molecule has 0 saturated carbocycles. The van der Waals surface area contributed by atoms with Gasteiger partial charge >= 0.3 is 5.97 Å². The number of alkyl halides is 1. The Morgan fingerprint density at radius 3 is 2.79 bits per heavy atom. The van der Waals surface area contributed by atoms with Crippen LogP contribution < -0.4 is 5.32 Å². The number of halogens is 1. The Morgan fingerprint density at radius 2 is 2.29 bits per heavy atom. The number of ether oxygens (including phenoxy) is 2. The first-order valence-electron chi connectivity index (χ1n) is 4.79. The molecule has 4 nitrogen and oxygen atoms in total. The van der Waals surface area contributed by atoms with Gasteiger partial charge < -0.3 is 14.8 Å². The molecule has 2 fully saturated rings. The summed E-state index contributed by atoms with van der Waals surface area (Å²) < 4.78 is 24.1. The van der Waals surface area contributed by atoms with Crippen LogP contribution in [0.15, 0.2) is 0 Å². The summed E-state index contributed by atoms with van der Waals surface area (Å²) in [6, 6.07) is 0. The van der Waals surface area contributed by atoms with E-state index in [0.29, 0.717) is 19.8 Å². The lowest BCUT2D eigenvalue weighted by Gasteiger charge is -2.43. The lowest BCUT2D eigenvalue weighted by Crippen LogP contribution is -2.61. The molecule has 0 aliphatic carbocycles. The van der Waals surface area contributed by atoms with Crippen molar-refractivity contribution in [1.29, 1.82) is 0 Å². The molecular weight excluding hydrogens is 189 g/mol. The number of carbonyl (C=O) groups is 1. The summed E-state index contributed by atoms with van der Waals surface area (Å²) in [5.74, 6) is -0.756. The molecule has 80 valence electrons. The second-order valence-electron chi connectivity index (χ2n) is 3.90. The van der Waals surface area contributed by atoms with E-state index < -0.39 is 17.1 Å². The van der Waals surface area contributed by atoms with Crippen LogP contribution in [-0.4, -0.2) is 44.5 Å². The van der Waals surface area contributed by atoms with E-state index in [1.807, 2.05) is 0 Å². The van der Waals surface area contributed by atoms with Gasteiger partial charge in [-0.1, -0.05) is 0 Å². The topological polar surface area (TPSA) is 47.6 Å².